The van der Waals surface area contributed by atoms with Crippen molar-refractivity contribution >= 4 is 12.1 Å². The molecule has 4 nitrogen and oxygen atoms in total. The fraction of sp³-hybridized carbons (Fsp3) is 0.733. The van der Waals surface area contributed by atoms with Crippen LogP contribution in [0.5, 0.6) is 0 Å². The van der Waals surface area contributed by atoms with Gasteiger partial charge in [-0.3, -0.25) is 4.79 Å². The number of carbonyl (C=O) groups excluding carboxylic acids is 2. The normalized spacial score (nSPS) is 12.1. The van der Waals surface area contributed by atoms with Gasteiger partial charge in [-0.2, -0.15) is 0 Å². The van der Waals surface area contributed by atoms with E-state index in [4.69, 9.17) is 5.73 Å². The maximum atomic E-state index is 11.9. The molecular formula is C15H28N2O2. The fourth-order valence-electron chi connectivity index (χ4n) is 1.96. The Morgan fingerprint density at radius 1 is 1.26 bits per heavy atom. The van der Waals surface area contributed by atoms with Crippen LogP contribution in [0.3, 0.4) is 0 Å². The Bertz CT molecular complexity index is 277. The quantitative estimate of drug-likeness (QED) is 0.304. The maximum absolute atomic E-state index is 11.9. The zero-order chi connectivity index (χ0) is 14.5. The van der Waals surface area contributed by atoms with E-state index in [0.717, 1.165) is 51.4 Å². The van der Waals surface area contributed by atoms with Gasteiger partial charge in [0.1, 0.15) is 6.29 Å². The zero-order valence-electron chi connectivity index (χ0n) is 12.1. The average molecular weight is 268 g/mol. The van der Waals surface area contributed by atoms with E-state index in [9.17, 15) is 9.59 Å². The third kappa shape index (κ3) is 8.67. The highest BCUT2D eigenvalue weighted by Crippen LogP contribution is 2.18. The lowest BCUT2D eigenvalue weighted by molar-refractivity contribution is -0.118. The number of nitrogens with one attached hydrogen (secondary N) is 1. The second-order valence-corrected chi connectivity index (χ2v) is 4.89. The van der Waals surface area contributed by atoms with Gasteiger partial charge in [0.25, 0.3) is 0 Å². The molecule has 0 aromatic carbocycles. The van der Waals surface area contributed by atoms with Gasteiger partial charge < -0.3 is 15.8 Å². The first-order chi connectivity index (χ1) is 9.17. The van der Waals surface area contributed by atoms with Crippen molar-refractivity contribution in [2.24, 2.45) is 11.7 Å². The molecule has 0 aromatic rings. The Labute approximate surface area is 116 Å². The third-order valence-corrected chi connectivity index (χ3v) is 3.27. The average Bonchev–Trinajstić information content (AvgIpc) is 2.43. The van der Waals surface area contributed by atoms with Crippen LogP contribution in [-0.2, 0) is 9.59 Å². The lowest BCUT2D eigenvalue weighted by atomic mass is 9.91. The van der Waals surface area contributed by atoms with Crippen LogP contribution in [0.15, 0.2) is 12.2 Å². The molecular weight excluding hydrogens is 240 g/mol. The standard InChI is InChI=1S/C15H28N2O2/c1-13(15(19)9-4-3-6-10-16)14(12-18)8-5-7-11-17-2/h12,14,17H,1,3-11,16H2,2H3/t14-/m0/s1. The Morgan fingerprint density at radius 3 is 2.58 bits per heavy atom. The molecule has 0 heterocycles. The monoisotopic (exact) mass is 268 g/mol. The van der Waals surface area contributed by atoms with Gasteiger partial charge in [0.15, 0.2) is 5.78 Å². The second kappa shape index (κ2) is 12.1. The molecule has 0 aliphatic carbocycles. The molecule has 110 valence electrons. The minimum absolute atomic E-state index is 0.0303. The second-order valence-electron chi connectivity index (χ2n) is 4.89. The number of unbranched alkanes of at least 4 members (excludes halogenated alkanes) is 3. The van der Waals surface area contributed by atoms with Crippen molar-refractivity contribution in [2.45, 2.75) is 44.9 Å². The molecule has 0 radical (unpaired) electrons. The summed E-state index contributed by atoms with van der Waals surface area (Å²) in [4.78, 5) is 22.9. The van der Waals surface area contributed by atoms with Crippen LogP contribution in [0.25, 0.3) is 0 Å². The molecule has 0 bridgehead atoms. The van der Waals surface area contributed by atoms with Crippen LogP contribution >= 0.6 is 0 Å². The van der Waals surface area contributed by atoms with E-state index in [2.05, 4.69) is 11.9 Å². The number of rotatable bonds is 13. The van der Waals surface area contributed by atoms with Crippen LogP contribution in [0.2, 0.25) is 0 Å². The molecule has 0 rings (SSSR count). The predicted molar refractivity (Wildman–Crippen MR) is 79.0 cm³/mol. The van der Waals surface area contributed by atoms with E-state index >= 15 is 0 Å². The molecule has 0 aliphatic rings. The van der Waals surface area contributed by atoms with Crippen molar-refractivity contribution in [2.75, 3.05) is 20.1 Å². The van der Waals surface area contributed by atoms with E-state index in [1.165, 1.54) is 0 Å². The van der Waals surface area contributed by atoms with E-state index in [1.54, 1.807) is 0 Å². The summed E-state index contributed by atoms with van der Waals surface area (Å²) in [7, 11) is 1.90. The lowest BCUT2D eigenvalue weighted by Gasteiger charge is -2.12. The Hall–Kier alpha value is -1.00. The van der Waals surface area contributed by atoms with Gasteiger partial charge in [0.05, 0.1) is 0 Å². The summed E-state index contributed by atoms with van der Waals surface area (Å²) in [6.07, 6.45) is 6.75. The number of aldehydes is 1. The number of hydrogen-bond acceptors (Lipinski definition) is 4. The first-order valence-electron chi connectivity index (χ1n) is 7.19. The number of allylic oxidation sites excluding steroid dienone is 1. The van der Waals surface area contributed by atoms with E-state index in [0.29, 0.717) is 18.5 Å². The number of Topliss-reactive ketones (excluding diaryl/α,β-unsaturated/α-hetero) is 1. The third-order valence-electron chi connectivity index (χ3n) is 3.27. The number of carbonyl (C=O) groups is 2. The van der Waals surface area contributed by atoms with Gasteiger partial charge in [-0.1, -0.05) is 19.4 Å². The van der Waals surface area contributed by atoms with Crippen molar-refractivity contribution in [1.29, 1.82) is 0 Å². The van der Waals surface area contributed by atoms with Gasteiger partial charge in [0.2, 0.25) is 0 Å². The fourth-order valence-corrected chi connectivity index (χ4v) is 1.96. The highest BCUT2D eigenvalue weighted by Gasteiger charge is 2.17. The molecule has 0 spiro atoms. The van der Waals surface area contributed by atoms with Crippen molar-refractivity contribution in [1.82, 2.24) is 5.32 Å². The van der Waals surface area contributed by atoms with Crippen molar-refractivity contribution in [3.63, 3.8) is 0 Å². The molecule has 0 amide bonds. The SMILES string of the molecule is C=C(C(=O)CCCCCN)[C@H](C=O)CCCCNC. The van der Waals surface area contributed by atoms with Gasteiger partial charge in [0, 0.05) is 12.3 Å². The maximum Gasteiger partial charge on any atom is 0.158 e. The summed E-state index contributed by atoms with van der Waals surface area (Å²) in [5.41, 5.74) is 5.88. The molecule has 0 fully saturated rings. The highest BCUT2D eigenvalue weighted by atomic mass is 16.1. The largest absolute Gasteiger partial charge is 0.330 e. The minimum atomic E-state index is -0.307. The first kappa shape index (κ1) is 18.0. The molecule has 3 N–H and O–H groups in total. The van der Waals surface area contributed by atoms with Crippen LogP contribution in [0, 0.1) is 5.92 Å². The van der Waals surface area contributed by atoms with Crippen molar-refractivity contribution in [3.8, 4) is 0 Å². The number of ketones is 1. The number of hydrogen-bond donors (Lipinski definition) is 2. The lowest BCUT2D eigenvalue weighted by Crippen LogP contribution is -2.15. The van der Waals surface area contributed by atoms with Gasteiger partial charge in [-0.05, 0) is 51.4 Å². The summed E-state index contributed by atoms with van der Waals surface area (Å²) in [6.45, 7) is 5.40. The molecule has 0 unspecified atom stereocenters. The Kier molecular flexibility index (Phi) is 11.4. The topological polar surface area (TPSA) is 72.2 Å². The number of nitrogens with two attached hydrogens (primary N) is 1. The summed E-state index contributed by atoms with van der Waals surface area (Å²) in [5.74, 6) is -0.276. The van der Waals surface area contributed by atoms with E-state index < -0.39 is 0 Å². The highest BCUT2D eigenvalue weighted by molar-refractivity contribution is 5.97. The first-order valence-corrected chi connectivity index (χ1v) is 7.19. The van der Waals surface area contributed by atoms with Gasteiger partial charge in [-0.25, -0.2) is 0 Å². The van der Waals surface area contributed by atoms with Crippen LogP contribution < -0.4 is 11.1 Å². The molecule has 0 aliphatic heterocycles. The van der Waals surface area contributed by atoms with Crippen LogP contribution in [0.4, 0.5) is 0 Å². The molecule has 0 aromatic heterocycles. The smallest absolute Gasteiger partial charge is 0.158 e. The van der Waals surface area contributed by atoms with E-state index in [-0.39, 0.29) is 11.7 Å². The summed E-state index contributed by atoms with van der Waals surface area (Å²) in [5, 5.41) is 3.06. The molecule has 1 atom stereocenters. The zero-order valence-corrected chi connectivity index (χ0v) is 12.1. The van der Waals surface area contributed by atoms with Crippen LogP contribution in [-0.4, -0.2) is 32.2 Å². The predicted octanol–water partition coefficient (Wildman–Crippen LogP) is 1.84. The van der Waals surface area contributed by atoms with E-state index in [1.807, 2.05) is 7.05 Å². The summed E-state index contributed by atoms with van der Waals surface area (Å²) < 4.78 is 0. The molecule has 0 saturated carbocycles. The molecule has 19 heavy (non-hydrogen) atoms. The Balaban J connectivity index is 3.97. The molecule has 0 saturated heterocycles. The summed E-state index contributed by atoms with van der Waals surface area (Å²) >= 11 is 0. The van der Waals surface area contributed by atoms with Gasteiger partial charge >= 0.3 is 0 Å². The van der Waals surface area contributed by atoms with Crippen LogP contribution in [0.1, 0.15) is 44.9 Å². The minimum Gasteiger partial charge on any atom is -0.330 e. The Morgan fingerprint density at radius 2 is 2.00 bits per heavy atom. The van der Waals surface area contributed by atoms with Gasteiger partial charge in [-0.15, -0.1) is 0 Å². The summed E-state index contributed by atoms with van der Waals surface area (Å²) in [6, 6.07) is 0. The van der Waals surface area contributed by atoms with Crippen molar-refractivity contribution < 1.29 is 9.59 Å². The van der Waals surface area contributed by atoms with Crippen molar-refractivity contribution in [3.05, 3.63) is 12.2 Å². The molecule has 4 heteroatoms.